The van der Waals surface area contributed by atoms with Crippen molar-refractivity contribution in [3.8, 4) is 0 Å². The largest absolute Gasteiger partial charge is 0.356 e. The van der Waals surface area contributed by atoms with Crippen LogP contribution < -0.4 is 10.6 Å². The van der Waals surface area contributed by atoms with Crippen LogP contribution in [0, 0.1) is 0 Å². The molecule has 0 atom stereocenters. The molecule has 0 aromatic rings. The van der Waals surface area contributed by atoms with Gasteiger partial charge in [0, 0.05) is 19.5 Å². The van der Waals surface area contributed by atoms with Gasteiger partial charge in [0.1, 0.15) is 0 Å². The molecule has 0 aromatic carbocycles. The number of carbonyl (C=O) groups is 1. The van der Waals surface area contributed by atoms with Crippen molar-refractivity contribution in [2.24, 2.45) is 0 Å². The fraction of sp³-hybridized carbons (Fsp3) is 0.900. The van der Waals surface area contributed by atoms with Crippen molar-refractivity contribution < 1.29 is 4.79 Å². The number of nitrogens with one attached hydrogen (secondary N) is 2. The Labute approximate surface area is 91.4 Å². The van der Waals surface area contributed by atoms with Crippen LogP contribution in [0.1, 0.15) is 25.7 Å². The van der Waals surface area contributed by atoms with E-state index in [-0.39, 0.29) is 5.91 Å². The highest BCUT2D eigenvalue weighted by Gasteiger charge is 1.98. The van der Waals surface area contributed by atoms with Crippen LogP contribution in [0.15, 0.2) is 0 Å². The SMILES string of the molecule is CNCCC(=O)NCCCCCSC. The van der Waals surface area contributed by atoms with Crippen molar-refractivity contribution >= 4 is 17.7 Å². The van der Waals surface area contributed by atoms with E-state index in [1.807, 2.05) is 18.8 Å². The van der Waals surface area contributed by atoms with E-state index in [2.05, 4.69) is 16.9 Å². The highest BCUT2D eigenvalue weighted by molar-refractivity contribution is 7.98. The number of hydrogen-bond donors (Lipinski definition) is 2. The Morgan fingerprint density at radius 3 is 2.64 bits per heavy atom. The lowest BCUT2D eigenvalue weighted by atomic mass is 10.2. The second-order valence-electron chi connectivity index (χ2n) is 3.26. The monoisotopic (exact) mass is 218 g/mol. The molecule has 4 heteroatoms. The summed E-state index contributed by atoms with van der Waals surface area (Å²) in [5.41, 5.74) is 0. The number of amides is 1. The maximum absolute atomic E-state index is 11.1. The van der Waals surface area contributed by atoms with E-state index in [1.54, 1.807) is 0 Å². The summed E-state index contributed by atoms with van der Waals surface area (Å²) in [5.74, 6) is 1.39. The van der Waals surface area contributed by atoms with Gasteiger partial charge in [0.2, 0.25) is 5.91 Å². The first kappa shape index (κ1) is 13.8. The summed E-state index contributed by atoms with van der Waals surface area (Å²) >= 11 is 1.88. The summed E-state index contributed by atoms with van der Waals surface area (Å²) in [4.78, 5) is 11.1. The molecule has 0 aliphatic carbocycles. The molecule has 84 valence electrons. The first-order valence-corrected chi connectivity index (χ1v) is 6.61. The zero-order valence-electron chi connectivity index (χ0n) is 9.27. The van der Waals surface area contributed by atoms with Crippen molar-refractivity contribution in [3.05, 3.63) is 0 Å². The standard InChI is InChI=1S/C10H22N2OS/c1-11-8-6-10(13)12-7-4-3-5-9-14-2/h11H,3-9H2,1-2H3,(H,12,13). The lowest BCUT2D eigenvalue weighted by molar-refractivity contribution is -0.120. The third-order valence-corrected chi connectivity index (χ3v) is 2.65. The predicted molar refractivity (Wildman–Crippen MR) is 63.8 cm³/mol. The molecule has 0 fully saturated rings. The Kier molecular flexibility index (Phi) is 10.7. The third kappa shape index (κ3) is 9.86. The van der Waals surface area contributed by atoms with E-state index in [0.29, 0.717) is 6.42 Å². The van der Waals surface area contributed by atoms with Gasteiger partial charge in [-0.25, -0.2) is 0 Å². The molecule has 0 spiro atoms. The number of thioether (sulfide) groups is 1. The van der Waals surface area contributed by atoms with Gasteiger partial charge in [-0.15, -0.1) is 0 Å². The van der Waals surface area contributed by atoms with Crippen LogP contribution in [0.3, 0.4) is 0 Å². The molecule has 0 aromatic heterocycles. The summed E-state index contributed by atoms with van der Waals surface area (Å²) < 4.78 is 0. The van der Waals surface area contributed by atoms with E-state index in [9.17, 15) is 4.79 Å². The normalized spacial score (nSPS) is 10.1. The smallest absolute Gasteiger partial charge is 0.221 e. The Bertz CT molecular complexity index is 142. The summed E-state index contributed by atoms with van der Waals surface area (Å²) in [6.07, 6.45) is 6.29. The van der Waals surface area contributed by atoms with E-state index in [0.717, 1.165) is 19.5 Å². The third-order valence-electron chi connectivity index (χ3n) is 1.95. The second-order valence-corrected chi connectivity index (χ2v) is 4.24. The minimum absolute atomic E-state index is 0.157. The average Bonchev–Trinajstić information content (AvgIpc) is 2.20. The van der Waals surface area contributed by atoms with Gasteiger partial charge in [-0.1, -0.05) is 6.42 Å². The zero-order chi connectivity index (χ0) is 10.6. The number of hydrogen-bond acceptors (Lipinski definition) is 3. The quantitative estimate of drug-likeness (QED) is 0.572. The molecular weight excluding hydrogens is 196 g/mol. The van der Waals surface area contributed by atoms with Gasteiger partial charge in [-0.2, -0.15) is 11.8 Å². The predicted octanol–water partition coefficient (Wildman–Crippen LogP) is 1.25. The maximum Gasteiger partial charge on any atom is 0.221 e. The van der Waals surface area contributed by atoms with E-state index < -0.39 is 0 Å². The van der Waals surface area contributed by atoms with Gasteiger partial charge < -0.3 is 10.6 Å². The lowest BCUT2D eigenvalue weighted by Gasteiger charge is -2.04. The van der Waals surface area contributed by atoms with Gasteiger partial charge in [0.25, 0.3) is 0 Å². The molecule has 14 heavy (non-hydrogen) atoms. The lowest BCUT2D eigenvalue weighted by Crippen LogP contribution is -2.27. The average molecular weight is 218 g/mol. The minimum Gasteiger partial charge on any atom is -0.356 e. The molecule has 0 rings (SSSR count). The second kappa shape index (κ2) is 10.9. The van der Waals surface area contributed by atoms with E-state index in [1.165, 1.54) is 18.6 Å². The number of carbonyl (C=O) groups excluding carboxylic acids is 1. The summed E-state index contributed by atoms with van der Waals surface area (Å²) in [6, 6.07) is 0. The fourth-order valence-electron chi connectivity index (χ4n) is 1.10. The Morgan fingerprint density at radius 2 is 2.00 bits per heavy atom. The molecule has 0 aliphatic rings. The van der Waals surface area contributed by atoms with Crippen molar-refractivity contribution in [3.63, 3.8) is 0 Å². The number of rotatable bonds is 9. The van der Waals surface area contributed by atoms with Crippen molar-refractivity contribution in [2.75, 3.05) is 32.1 Å². The summed E-state index contributed by atoms with van der Waals surface area (Å²) in [5, 5.41) is 5.86. The first-order valence-electron chi connectivity index (χ1n) is 5.21. The maximum atomic E-state index is 11.1. The molecule has 0 bridgehead atoms. The molecular formula is C10H22N2OS. The van der Waals surface area contributed by atoms with Crippen molar-refractivity contribution in [1.82, 2.24) is 10.6 Å². The van der Waals surface area contributed by atoms with Crippen LogP contribution in [0.5, 0.6) is 0 Å². The van der Waals surface area contributed by atoms with Crippen LogP contribution >= 0.6 is 11.8 Å². The molecule has 0 aliphatic heterocycles. The van der Waals surface area contributed by atoms with Gasteiger partial charge in [-0.3, -0.25) is 4.79 Å². The Hall–Kier alpha value is -0.220. The van der Waals surface area contributed by atoms with Crippen molar-refractivity contribution in [1.29, 1.82) is 0 Å². The minimum atomic E-state index is 0.157. The zero-order valence-corrected chi connectivity index (χ0v) is 10.1. The van der Waals surface area contributed by atoms with Gasteiger partial charge >= 0.3 is 0 Å². The summed E-state index contributed by atoms with van der Waals surface area (Å²) in [7, 11) is 1.86. The van der Waals surface area contributed by atoms with Crippen molar-refractivity contribution in [2.45, 2.75) is 25.7 Å². The van der Waals surface area contributed by atoms with E-state index in [4.69, 9.17) is 0 Å². The van der Waals surface area contributed by atoms with Gasteiger partial charge in [0.05, 0.1) is 0 Å². The van der Waals surface area contributed by atoms with Crippen LogP contribution in [0.25, 0.3) is 0 Å². The molecule has 1 amide bonds. The first-order chi connectivity index (χ1) is 6.81. The summed E-state index contributed by atoms with van der Waals surface area (Å²) in [6.45, 7) is 1.59. The van der Waals surface area contributed by atoms with Gasteiger partial charge in [0.15, 0.2) is 0 Å². The molecule has 3 nitrogen and oxygen atoms in total. The topological polar surface area (TPSA) is 41.1 Å². The Balaban J connectivity index is 3.07. The fourth-order valence-corrected chi connectivity index (χ4v) is 1.60. The molecule has 0 unspecified atom stereocenters. The Morgan fingerprint density at radius 1 is 1.21 bits per heavy atom. The highest BCUT2D eigenvalue weighted by Crippen LogP contribution is 2.01. The molecule has 2 N–H and O–H groups in total. The van der Waals surface area contributed by atoms with E-state index >= 15 is 0 Å². The molecule has 0 saturated carbocycles. The van der Waals surface area contributed by atoms with Crippen LogP contribution in [0.2, 0.25) is 0 Å². The van der Waals surface area contributed by atoms with Gasteiger partial charge in [-0.05, 0) is 31.9 Å². The molecule has 0 heterocycles. The van der Waals surface area contributed by atoms with Crippen LogP contribution in [-0.4, -0.2) is 38.1 Å². The van der Waals surface area contributed by atoms with Crippen LogP contribution in [-0.2, 0) is 4.79 Å². The van der Waals surface area contributed by atoms with Crippen LogP contribution in [0.4, 0.5) is 0 Å². The number of unbranched alkanes of at least 4 members (excludes halogenated alkanes) is 2. The molecule has 0 saturated heterocycles. The molecule has 0 radical (unpaired) electrons. The highest BCUT2D eigenvalue weighted by atomic mass is 32.2.